The Balaban J connectivity index is 3.29. The number of aliphatic hydroxyl groups is 3. The summed E-state index contributed by atoms with van der Waals surface area (Å²) in [4.78, 5) is 0. The third kappa shape index (κ3) is 2.81. The van der Waals surface area contributed by atoms with E-state index in [1.165, 1.54) is 0 Å². The summed E-state index contributed by atoms with van der Waals surface area (Å²) in [5, 5.41) is 25.3. The van der Waals surface area contributed by atoms with Crippen molar-refractivity contribution in [2.45, 2.75) is 10.0 Å². The van der Waals surface area contributed by atoms with E-state index in [1.807, 2.05) is 22.6 Å². The topological polar surface area (TPSA) is 60.7 Å². The molecule has 2 atom stereocenters. The van der Waals surface area contributed by atoms with Crippen LogP contribution in [0.3, 0.4) is 0 Å². The first-order valence-electron chi connectivity index (χ1n) is 2.26. The first kappa shape index (κ1) is 8.61. The zero-order valence-corrected chi connectivity index (χ0v) is 6.45. The summed E-state index contributed by atoms with van der Waals surface area (Å²) in [7, 11) is 0. The van der Waals surface area contributed by atoms with Gasteiger partial charge in [-0.3, -0.25) is 0 Å². The molecule has 0 rings (SSSR count). The van der Waals surface area contributed by atoms with Crippen molar-refractivity contribution in [3.8, 4) is 0 Å². The van der Waals surface area contributed by atoms with Crippen LogP contribution in [0.15, 0.2) is 0 Å². The van der Waals surface area contributed by atoms with Crippen LogP contribution in [0.4, 0.5) is 0 Å². The smallest absolute Gasteiger partial charge is 0.0910 e. The second-order valence-electron chi connectivity index (χ2n) is 1.45. The second kappa shape index (κ2) is 4.49. The Morgan fingerprint density at radius 3 is 1.88 bits per heavy atom. The van der Waals surface area contributed by atoms with Crippen LogP contribution in [0.2, 0.25) is 0 Å². The normalized spacial score (nSPS) is 18.0. The Labute approximate surface area is 61.5 Å². The maximum Gasteiger partial charge on any atom is 0.0910 e. The third-order valence-electron chi connectivity index (χ3n) is 0.779. The molecule has 0 aliphatic heterocycles. The summed E-state index contributed by atoms with van der Waals surface area (Å²) in [6.07, 6.45) is -0.791. The molecule has 0 saturated carbocycles. The number of halogens is 1. The Kier molecular flexibility index (Phi) is 4.83. The largest absolute Gasteiger partial charge is 0.395 e. The first-order valence-corrected chi connectivity index (χ1v) is 3.50. The molecule has 0 spiro atoms. The SMILES string of the molecule is OC[C@@H](I)[C@@H](O)CO. The summed E-state index contributed by atoms with van der Waals surface area (Å²) in [5.41, 5.74) is 0. The van der Waals surface area contributed by atoms with Crippen molar-refractivity contribution in [3.05, 3.63) is 0 Å². The molecule has 0 radical (unpaired) electrons. The summed E-state index contributed by atoms with van der Waals surface area (Å²) >= 11 is 1.87. The van der Waals surface area contributed by atoms with Crippen molar-refractivity contribution in [1.29, 1.82) is 0 Å². The van der Waals surface area contributed by atoms with Gasteiger partial charge in [0.05, 0.1) is 23.2 Å². The first-order chi connectivity index (χ1) is 3.72. The fourth-order valence-electron chi connectivity index (χ4n) is 0.236. The molecular formula is C4H9IO3. The minimum absolute atomic E-state index is 0.0950. The van der Waals surface area contributed by atoms with Gasteiger partial charge in [0.2, 0.25) is 0 Å². The molecule has 4 heteroatoms. The molecule has 0 amide bonds. The van der Waals surface area contributed by atoms with Crippen LogP contribution in [0.5, 0.6) is 0 Å². The minimum atomic E-state index is -0.791. The lowest BCUT2D eigenvalue weighted by molar-refractivity contribution is 0.0818. The molecular weight excluding hydrogens is 223 g/mol. The van der Waals surface area contributed by atoms with E-state index in [9.17, 15) is 0 Å². The number of alkyl halides is 1. The van der Waals surface area contributed by atoms with Gasteiger partial charge in [0.25, 0.3) is 0 Å². The maximum atomic E-state index is 8.71. The van der Waals surface area contributed by atoms with Crippen LogP contribution < -0.4 is 0 Å². The van der Waals surface area contributed by atoms with Gasteiger partial charge in [-0.2, -0.15) is 0 Å². The Morgan fingerprint density at radius 2 is 1.75 bits per heavy atom. The van der Waals surface area contributed by atoms with Crippen molar-refractivity contribution in [2.24, 2.45) is 0 Å². The van der Waals surface area contributed by atoms with E-state index >= 15 is 0 Å². The molecule has 0 aromatic heterocycles. The van der Waals surface area contributed by atoms with Crippen molar-refractivity contribution in [3.63, 3.8) is 0 Å². The average Bonchev–Trinajstić information content (AvgIpc) is 1.84. The molecule has 3 N–H and O–H groups in total. The molecule has 0 aromatic carbocycles. The van der Waals surface area contributed by atoms with Crippen molar-refractivity contribution in [1.82, 2.24) is 0 Å². The van der Waals surface area contributed by atoms with Crippen LogP contribution in [0.1, 0.15) is 0 Å². The lowest BCUT2D eigenvalue weighted by Crippen LogP contribution is -2.26. The lowest BCUT2D eigenvalue weighted by Gasteiger charge is -2.10. The molecule has 0 unspecified atom stereocenters. The highest BCUT2D eigenvalue weighted by atomic mass is 127. The molecule has 8 heavy (non-hydrogen) atoms. The van der Waals surface area contributed by atoms with Gasteiger partial charge in [0.1, 0.15) is 0 Å². The minimum Gasteiger partial charge on any atom is -0.395 e. The molecule has 0 bridgehead atoms. The monoisotopic (exact) mass is 232 g/mol. The van der Waals surface area contributed by atoms with Crippen molar-refractivity contribution >= 4 is 22.6 Å². The average molecular weight is 232 g/mol. The van der Waals surface area contributed by atoms with Gasteiger partial charge in [-0.05, 0) is 0 Å². The number of aliphatic hydroxyl groups excluding tert-OH is 3. The zero-order chi connectivity index (χ0) is 6.57. The second-order valence-corrected chi connectivity index (χ2v) is 3.05. The van der Waals surface area contributed by atoms with Crippen LogP contribution >= 0.6 is 22.6 Å². The highest BCUT2D eigenvalue weighted by Gasteiger charge is 2.11. The lowest BCUT2D eigenvalue weighted by atomic mass is 10.3. The summed E-state index contributed by atoms with van der Waals surface area (Å²) in [6, 6.07) is 0. The third-order valence-corrected chi connectivity index (χ3v) is 2.00. The van der Waals surface area contributed by atoms with Gasteiger partial charge in [-0.25, -0.2) is 0 Å². The molecule has 3 nitrogen and oxygen atoms in total. The van der Waals surface area contributed by atoms with Gasteiger partial charge in [-0.15, -0.1) is 0 Å². The van der Waals surface area contributed by atoms with E-state index < -0.39 is 6.10 Å². The van der Waals surface area contributed by atoms with E-state index in [0.717, 1.165) is 0 Å². The standard InChI is InChI=1S/C4H9IO3/c5-3(1-6)4(8)2-7/h3-4,6-8H,1-2H2/t3-,4+/m1/s1. The molecule has 0 heterocycles. The fraction of sp³-hybridized carbons (Fsp3) is 1.00. The Bertz CT molecular complexity index is 51.2. The summed E-state index contributed by atoms with van der Waals surface area (Å²) in [6.45, 7) is -0.379. The van der Waals surface area contributed by atoms with Crippen LogP contribution in [-0.2, 0) is 0 Å². The highest BCUT2D eigenvalue weighted by Crippen LogP contribution is 2.03. The van der Waals surface area contributed by atoms with Crippen molar-refractivity contribution in [2.75, 3.05) is 13.2 Å². The van der Waals surface area contributed by atoms with Gasteiger partial charge in [0, 0.05) is 0 Å². The highest BCUT2D eigenvalue weighted by molar-refractivity contribution is 14.1. The van der Waals surface area contributed by atoms with Crippen LogP contribution in [-0.4, -0.2) is 38.6 Å². The molecule has 0 saturated heterocycles. The number of hydrogen-bond acceptors (Lipinski definition) is 3. The molecule has 0 aromatic rings. The summed E-state index contributed by atoms with van der Waals surface area (Å²) in [5.74, 6) is 0. The number of hydrogen-bond donors (Lipinski definition) is 3. The number of rotatable bonds is 3. The van der Waals surface area contributed by atoms with Gasteiger partial charge in [-0.1, -0.05) is 22.6 Å². The molecule has 0 aliphatic carbocycles. The quantitative estimate of drug-likeness (QED) is 0.438. The summed E-state index contributed by atoms with van der Waals surface area (Å²) < 4.78 is -0.252. The Morgan fingerprint density at radius 1 is 1.25 bits per heavy atom. The van der Waals surface area contributed by atoms with Gasteiger partial charge >= 0.3 is 0 Å². The van der Waals surface area contributed by atoms with E-state index in [1.54, 1.807) is 0 Å². The molecule has 0 aliphatic rings. The fourth-order valence-corrected chi connectivity index (χ4v) is 0.463. The molecule has 50 valence electrons. The van der Waals surface area contributed by atoms with Crippen LogP contribution in [0.25, 0.3) is 0 Å². The maximum absolute atomic E-state index is 8.71. The predicted octanol–water partition coefficient (Wildman–Crippen LogP) is -0.865. The van der Waals surface area contributed by atoms with E-state index in [4.69, 9.17) is 15.3 Å². The van der Waals surface area contributed by atoms with E-state index in [0.29, 0.717) is 0 Å². The van der Waals surface area contributed by atoms with Gasteiger partial charge in [0.15, 0.2) is 0 Å². The van der Waals surface area contributed by atoms with Crippen LogP contribution in [0, 0.1) is 0 Å². The van der Waals surface area contributed by atoms with E-state index in [2.05, 4.69) is 0 Å². The van der Waals surface area contributed by atoms with Gasteiger partial charge < -0.3 is 15.3 Å². The zero-order valence-electron chi connectivity index (χ0n) is 4.29. The van der Waals surface area contributed by atoms with Crippen molar-refractivity contribution < 1.29 is 15.3 Å². The molecule has 0 fully saturated rings. The predicted molar refractivity (Wildman–Crippen MR) is 38.0 cm³/mol. The van der Waals surface area contributed by atoms with E-state index in [-0.39, 0.29) is 17.1 Å². The Hall–Kier alpha value is 0.610.